The zero-order chi connectivity index (χ0) is 11.8. The number of H-pyrrole nitrogens is 1. The van der Waals surface area contributed by atoms with Crippen LogP contribution in [0.2, 0.25) is 0 Å². The average molecular weight is 295 g/mol. The van der Waals surface area contributed by atoms with Crippen LogP contribution in [0.5, 0.6) is 0 Å². The van der Waals surface area contributed by atoms with Crippen molar-refractivity contribution in [3.8, 4) is 0 Å². The van der Waals surface area contributed by atoms with Gasteiger partial charge in [0.1, 0.15) is 17.7 Å². The molecule has 1 aliphatic heterocycles. The van der Waals surface area contributed by atoms with Crippen molar-refractivity contribution in [3.05, 3.63) is 22.7 Å². The molecule has 1 aliphatic rings. The molecule has 0 unspecified atom stereocenters. The number of carbonyl (C=O) groups excluding carboxylic acids is 1. The molecule has 1 amide bonds. The molecule has 1 saturated heterocycles. The Bertz CT molecular complexity index is 574. The van der Waals surface area contributed by atoms with Gasteiger partial charge in [0.2, 0.25) is 0 Å². The molecule has 88 valence electrons. The Kier molecular flexibility index (Phi) is 2.58. The maximum Gasteiger partial charge on any atom is 0.273 e. The second kappa shape index (κ2) is 4.10. The zero-order valence-corrected chi connectivity index (χ0v) is 10.7. The van der Waals surface area contributed by atoms with E-state index in [1.807, 2.05) is 4.90 Å². The van der Waals surface area contributed by atoms with Crippen LogP contribution in [0.25, 0.3) is 11.0 Å². The number of nitrogens with one attached hydrogen (secondary N) is 1. The van der Waals surface area contributed by atoms with E-state index >= 15 is 0 Å². The van der Waals surface area contributed by atoms with Gasteiger partial charge in [-0.05, 0) is 28.8 Å². The first-order valence-corrected chi connectivity index (χ1v) is 6.33. The predicted octanol–water partition coefficient (Wildman–Crippen LogP) is 1.96. The number of fused-ring (bicyclic) bond motifs is 1. The average Bonchev–Trinajstić information content (AvgIpc) is 2.98. The Hall–Kier alpha value is -1.43. The molecule has 17 heavy (non-hydrogen) atoms. The van der Waals surface area contributed by atoms with E-state index < -0.39 is 0 Å². The number of likely N-dealkylation sites (tertiary alicyclic amines) is 1. The van der Waals surface area contributed by atoms with Gasteiger partial charge < -0.3 is 9.88 Å². The first-order chi connectivity index (χ1) is 8.27. The van der Waals surface area contributed by atoms with Crippen molar-refractivity contribution in [2.45, 2.75) is 12.8 Å². The first kappa shape index (κ1) is 10.7. The van der Waals surface area contributed by atoms with E-state index in [2.05, 4.69) is 30.9 Å². The fraction of sp³-hybridized carbons (Fsp3) is 0.364. The number of aromatic amines is 1. The molecule has 3 rings (SSSR count). The van der Waals surface area contributed by atoms with E-state index in [1.54, 1.807) is 6.20 Å². The van der Waals surface area contributed by atoms with E-state index in [0.717, 1.165) is 35.8 Å². The standard InChI is InChI=1S/C11H11BrN4O/c12-7-5-13-10-8(7)9(14-6-15-10)11(17)16-3-1-2-4-16/h5-6H,1-4H2,(H,13,14,15). The summed E-state index contributed by atoms with van der Waals surface area (Å²) in [6.45, 7) is 1.65. The van der Waals surface area contributed by atoms with Gasteiger partial charge in [0.05, 0.1) is 5.39 Å². The molecule has 0 aromatic carbocycles. The Morgan fingerprint density at radius 2 is 2.12 bits per heavy atom. The summed E-state index contributed by atoms with van der Waals surface area (Å²) < 4.78 is 0.829. The van der Waals surface area contributed by atoms with Gasteiger partial charge in [0, 0.05) is 23.8 Å². The SMILES string of the molecule is O=C(c1ncnc2[nH]cc(Br)c12)N1CCCC1. The van der Waals surface area contributed by atoms with Gasteiger partial charge in [-0.3, -0.25) is 4.79 Å². The summed E-state index contributed by atoms with van der Waals surface area (Å²) in [7, 11) is 0. The molecule has 3 heterocycles. The number of amides is 1. The van der Waals surface area contributed by atoms with Crippen molar-refractivity contribution in [1.29, 1.82) is 0 Å². The van der Waals surface area contributed by atoms with Crippen molar-refractivity contribution < 1.29 is 4.79 Å². The maximum atomic E-state index is 12.3. The van der Waals surface area contributed by atoms with Crippen LogP contribution >= 0.6 is 15.9 Å². The molecule has 0 aliphatic carbocycles. The lowest BCUT2D eigenvalue weighted by Crippen LogP contribution is -2.28. The summed E-state index contributed by atoms with van der Waals surface area (Å²) in [5, 5.41) is 0.768. The van der Waals surface area contributed by atoms with Crippen LogP contribution in [-0.4, -0.2) is 38.8 Å². The zero-order valence-electron chi connectivity index (χ0n) is 9.11. The number of halogens is 1. The van der Waals surface area contributed by atoms with Gasteiger partial charge in [-0.15, -0.1) is 0 Å². The van der Waals surface area contributed by atoms with Gasteiger partial charge in [0.25, 0.3) is 5.91 Å². The summed E-state index contributed by atoms with van der Waals surface area (Å²) in [6, 6.07) is 0. The minimum Gasteiger partial charge on any atom is -0.345 e. The van der Waals surface area contributed by atoms with Crippen LogP contribution in [0.15, 0.2) is 17.0 Å². The Morgan fingerprint density at radius 1 is 1.35 bits per heavy atom. The lowest BCUT2D eigenvalue weighted by atomic mass is 10.2. The highest BCUT2D eigenvalue weighted by molar-refractivity contribution is 9.10. The van der Waals surface area contributed by atoms with Gasteiger partial charge in [0.15, 0.2) is 0 Å². The van der Waals surface area contributed by atoms with Crippen molar-refractivity contribution >= 4 is 32.9 Å². The Balaban J connectivity index is 2.09. The molecule has 6 heteroatoms. The molecular weight excluding hydrogens is 284 g/mol. The first-order valence-electron chi connectivity index (χ1n) is 5.54. The van der Waals surface area contributed by atoms with Crippen molar-refractivity contribution in [2.24, 2.45) is 0 Å². The summed E-state index contributed by atoms with van der Waals surface area (Å²) in [5.74, 6) is -0.00444. The van der Waals surface area contributed by atoms with E-state index in [4.69, 9.17) is 0 Å². The summed E-state index contributed by atoms with van der Waals surface area (Å²) in [4.78, 5) is 25.4. The van der Waals surface area contributed by atoms with E-state index in [1.165, 1.54) is 6.33 Å². The molecule has 0 radical (unpaired) electrons. The van der Waals surface area contributed by atoms with Gasteiger partial charge in [-0.2, -0.15) is 0 Å². The second-order valence-corrected chi connectivity index (χ2v) is 4.94. The highest BCUT2D eigenvalue weighted by atomic mass is 79.9. The van der Waals surface area contributed by atoms with Crippen LogP contribution in [0.4, 0.5) is 0 Å². The smallest absolute Gasteiger partial charge is 0.273 e. The molecule has 2 aromatic heterocycles. The van der Waals surface area contributed by atoms with E-state index in [0.29, 0.717) is 11.3 Å². The fourth-order valence-electron chi connectivity index (χ4n) is 2.16. The van der Waals surface area contributed by atoms with Gasteiger partial charge in [-0.1, -0.05) is 0 Å². The molecule has 0 saturated carbocycles. The number of aromatic nitrogens is 3. The molecule has 0 bridgehead atoms. The number of nitrogens with zero attached hydrogens (tertiary/aromatic N) is 3. The summed E-state index contributed by atoms with van der Waals surface area (Å²) in [6.07, 6.45) is 5.36. The molecule has 1 N–H and O–H groups in total. The van der Waals surface area contributed by atoms with Crippen LogP contribution in [0.3, 0.4) is 0 Å². The van der Waals surface area contributed by atoms with E-state index in [-0.39, 0.29) is 5.91 Å². The van der Waals surface area contributed by atoms with Crippen molar-refractivity contribution in [3.63, 3.8) is 0 Å². The number of carbonyl (C=O) groups is 1. The number of rotatable bonds is 1. The minimum absolute atomic E-state index is 0.00444. The second-order valence-electron chi connectivity index (χ2n) is 4.08. The lowest BCUT2D eigenvalue weighted by Gasteiger charge is -2.14. The van der Waals surface area contributed by atoms with E-state index in [9.17, 15) is 4.79 Å². The lowest BCUT2D eigenvalue weighted by molar-refractivity contribution is 0.0789. The van der Waals surface area contributed by atoms with Crippen LogP contribution in [-0.2, 0) is 0 Å². The largest absolute Gasteiger partial charge is 0.345 e. The number of hydrogen-bond acceptors (Lipinski definition) is 3. The fourth-order valence-corrected chi connectivity index (χ4v) is 2.65. The third-order valence-electron chi connectivity index (χ3n) is 3.02. The van der Waals surface area contributed by atoms with Crippen molar-refractivity contribution in [1.82, 2.24) is 19.9 Å². The number of hydrogen-bond donors (Lipinski definition) is 1. The van der Waals surface area contributed by atoms with Gasteiger partial charge >= 0.3 is 0 Å². The molecule has 5 nitrogen and oxygen atoms in total. The third-order valence-corrected chi connectivity index (χ3v) is 3.64. The Labute approximate surface area is 106 Å². The third kappa shape index (κ3) is 1.72. The molecule has 1 fully saturated rings. The maximum absolute atomic E-state index is 12.3. The van der Waals surface area contributed by atoms with Crippen molar-refractivity contribution in [2.75, 3.05) is 13.1 Å². The summed E-state index contributed by atoms with van der Waals surface area (Å²) >= 11 is 3.41. The van der Waals surface area contributed by atoms with Crippen LogP contribution < -0.4 is 0 Å². The Morgan fingerprint density at radius 3 is 2.88 bits per heavy atom. The quantitative estimate of drug-likeness (QED) is 0.874. The molecule has 2 aromatic rings. The molecule has 0 spiro atoms. The topological polar surface area (TPSA) is 61.9 Å². The normalized spacial score (nSPS) is 15.7. The van der Waals surface area contributed by atoms with Crippen LogP contribution in [0, 0.1) is 0 Å². The highest BCUT2D eigenvalue weighted by Crippen LogP contribution is 2.25. The van der Waals surface area contributed by atoms with Gasteiger partial charge in [-0.25, -0.2) is 9.97 Å². The highest BCUT2D eigenvalue weighted by Gasteiger charge is 2.23. The minimum atomic E-state index is -0.00444. The molecule has 0 atom stereocenters. The van der Waals surface area contributed by atoms with Crippen LogP contribution in [0.1, 0.15) is 23.3 Å². The molecular formula is C11H11BrN4O. The predicted molar refractivity (Wildman–Crippen MR) is 66.7 cm³/mol. The summed E-state index contributed by atoms with van der Waals surface area (Å²) in [5.41, 5.74) is 1.17. The monoisotopic (exact) mass is 294 g/mol.